The number of allylic oxidation sites excluding steroid dienone is 4. The van der Waals surface area contributed by atoms with Crippen LogP contribution in [0.15, 0.2) is 66.8 Å². The van der Waals surface area contributed by atoms with Crippen LogP contribution in [-0.2, 0) is 0 Å². The van der Waals surface area contributed by atoms with Gasteiger partial charge in [-0.1, -0.05) is 68.5 Å². The highest BCUT2D eigenvalue weighted by atomic mass is 14.2. The van der Waals surface area contributed by atoms with Gasteiger partial charge in [-0.25, -0.2) is 0 Å². The third-order valence-corrected chi connectivity index (χ3v) is 3.55. The van der Waals surface area contributed by atoms with Gasteiger partial charge in [0.25, 0.3) is 0 Å². The first-order valence-electron chi connectivity index (χ1n) is 7.85. The fraction of sp³-hybridized carbons (Fsp3) is 0.190. The lowest BCUT2D eigenvalue weighted by molar-refractivity contribution is 1.04. The average Bonchev–Trinajstić information content (AvgIpc) is 2.64. The van der Waals surface area contributed by atoms with Crippen LogP contribution in [0.25, 0.3) is 16.7 Å². The van der Waals surface area contributed by atoms with Crippen molar-refractivity contribution in [1.82, 2.24) is 0 Å². The summed E-state index contributed by atoms with van der Waals surface area (Å²) < 4.78 is 0. The van der Waals surface area contributed by atoms with Gasteiger partial charge in [0.15, 0.2) is 0 Å². The smallest absolute Gasteiger partial charge is 0.0998 e. The van der Waals surface area contributed by atoms with Crippen LogP contribution in [0.3, 0.4) is 0 Å². The summed E-state index contributed by atoms with van der Waals surface area (Å²) in [4.78, 5) is 0. The Kier molecular flexibility index (Phi) is 5.74. The topological polar surface area (TPSA) is 23.8 Å². The third kappa shape index (κ3) is 3.54. The summed E-state index contributed by atoms with van der Waals surface area (Å²) in [5.41, 5.74) is 5.26. The van der Waals surface area contributed by atoms with Gasteiger partial charge in [0.05, 0.1) is 11.6 Å². The third-order valence-electron chi connectivity index (χ3n) is 3.55. The molecule has 1 heteroatoms. The second-order valence-corrected chi connectivity index (χ2v) is 4.88. The van der Waals surface area contributed by atoms with Crippen LogP contribution in [0, 0.1) is 11.3 Å². The van der Waals surface area contributed by atoms with Crippen molar-refractivity contribution < 1.29 is 0 Å². The zero-order valence-corrected chi connectivity index (χ0v) is 13.2. The molecule has 2 aromatic rings. The molecule has 0 aromatic heterocycles. The van der Waals surface area contributed by atoms with Crippen molar-refractivity contribution in [2.24, 2.45) is 0 Å². The molecular weight excluding hydrogens is 266 g/mol. The van der Waals surface area contributed by atoms with E-state index in [1.165, 1.54) is 5.56 Å². The van der Waals surface area contributed by atoms with Crippen molar-refractivity contribution in [3.63, 3.8) is 0 Å². The quantitative estimate of drug-likeness (QED) is 0.666. The van der Waals surface area contributed by atoms with Gasteiger partial charge in [0, 0.05) is 0 Å². The van der Waals surface area contributed by atoms with Crippen molar-refractivity contribution in [2.45, 2.75) is 26.7 Å². The van der Waals surface area contributed by atoms with E-state index in [1.807, 2.05) is 44.2 Å². The van der Waals surface area contributed by atoms with E-state index < -0.39 is 0 Å². The molecule has 0 atom stereocenters. The fourth-order valence-corrected chi connectivity index (χ4v) is 2.50. The molecule has 0 saturated carbocycles. The van der Waals surface area contributed by atoms with E-state index in [-0.39, 0.29) is 0 Å². The Morgan fingerprint density at radius 1 is 0.909 bits per heavy atom. The molecule has 0 spiro atoms. The summed E-state index contributed by atoms with van der Waals surface area (Å²) in [7, 11) is 0. The number of benzene rings is 2. The highest BCUT2D eigenvalue weighted by Crippen LogP contribution is 2.29. The number of nitriles is 1. The number of hydrogen-bond donors (Lipinski definition) is 0. The second-order valence-electron chi connectivity index (χ2n) is 4.88. The summed E-state index contributed by atoms with van der Waals surface area (Å²) in [5, 5.41) is 9.31. The van der Waals surface area contributed by atoms with Gasteiger partial charge in [0.1, 0.15) is 0 Å². The number of nitrogens with zero attached hydrogens (tertiary/aromatic N) is 1. The Morgan fingerprint density at radius 3 is 2.32 bits per heavy atom. The van der Waals surface area contributed by atoms with Crippen molar-refractivity contribution in [2.75, 3.05) is 0 Å². The molecule has 0 saturated heterocycles. The number of hydrogen-bond acceptors (Lipinski definition) is 1. The molecule has 0 unspecified atom stereocenters. The SMILES string of the molecule is CC.N#Cc1ccc(-c2ccccc2)cc1C1=CCCC=C1. The lowest BCUT2D eigenvalue weighted by Crippen LogP contribution is -1.92. The number of rotatable bonds is 2. The lowest BCUT2D eigenvalue weighted by Gasteiger charge is -2.11. The van der Waals surface area contributed by atoms with E-state index in [0.717, 1.165) is 35.1 Å². The Morgan fingerprint density at radius 2 is 1.68 bits per heavy atom. The Hall–Kier alpha value is -2.59. The largest absolute Gasteiger partial charge is 0.192 e. The minimum Gasteiger partial charge on any atom is -0.192 e. The van der Waals surface area contributed by atoms with Crippen LogP contribution in [0.5, 0.6) is 0 Å². The first kappa shape index (κ1) is 15.8. The van der Waals surface area contributed by atoms with E-state index >= 15 is 0 Å². The van der Waals surface area contributed by atoms with Crippen molar-refractivity contribution in [3.05, 3.63) is 77.9 Å². The minimum absolute atomic E-state index is 0.738. The summed E-state index contributed by atoms with van der Waals surface area (Å²) in [6.07, 6.45) is 8.64. The molecule has 1 aliphatic rings. The van der Waals surface area contributed by atoms with Crippen molar-refractivity contribution in [1.29, 1.82) is 5.26 Å². The van der Waals surface area contributed by atoms with Gasteiger partial charge >= 0.3 is 0 Å². The predicted octanol–water partition coefficient (Wildman–Crippen LogP) is 5.98. The first-order valence-corrected chi connectivity index (χ1v) is 7.85. The van der Waals surface area contributed by atoms with Gasteiger partial charge in [-0.15, -0.1) is 0 Å². The molecule has 0 radical (unpaired) electrons. The molecule has 110 valence electrons. The van der Waals surface area contributed by atoms with E-state index in [1.54, 1.807) is 0 Å². The molecule has 1 nitrogen and oxygen atoms in total. The normalized spacial score (nSPS) is 12.7. The Balaban J connectivity index is 0.000000847. The zero-order chi connectivity index (χ0) is 15.8. The van der Waals surface area contributed by atoms with Crippen LogP contribution >= 0.6 is 0 Å². The van der Waals surface area contributed by atoms with Crippen molar-refractivity contribution >= 4 is 5.57 Å². The molecule has 0 heterocycles. The highest BCUT2D eigenvalue weighted by molar-refractivity contribution is 5.81. The van der Waals surface area contributed by atoms with Crippen LogP contribution in [0.2, 0.25) is 0 Å². The fourth-order valence-electron chi connectivity index (χ4n) is 2.50. The molecule has 0 amide bonds. The molecule has 2 aromatic carbocycles. The standard InChI is InChI=1S/C19H15N.C2H6/c20-14-18-12-11-17(15-7-3-1-4-8-15)13-19(18)16-9-5-2-6-10-16;1-2/h1,3-5,7-13H,2,6H2;1-2H3. The molecular formula is C21H21N. The maximum absolute atomic E-state index is 9.31. The molecule has 3 rings (SSSR count). The zero-order valence-electron chi connectivity index (χ0n) is 13.2. The summed E-state index contributed by atoms with van der Waals surface area (Å²) in [5.74, 6) is 0. The monoisotopic (exact) mass is 287 g/mol. The van der Waals surface area contributed by atoms with Crippen LogP contribution in [-0.4, -0.2) is 0 Å². The van der Waals surface area contributed by atoms with Gasteiger partial charge < -0.3 is 0 Å². The molecule has 0 bridgehead atoms. The minimum atomic E-state index is 0.738. The van der Waals surface area contributed by atoms with Gasteiger partial charge in [-0.05, 0) is 47.2 Å². The highest BCUT2D eigenvalue weighted by Gasteiger charge is 2.09. The van der Waals surface area contributed by atoms with E-state index in [4.69, 9.17) is 0 Å². The summed E-state index contributed by atoms with van der Waals surface area (Å²) >= 11 is 0. The van der Waals surface area contributed by atoms with Crippen LogP contribution in [0.1, 0.15) is 37.8 Å². The predicted molar refractivity (Wildman–Crippen MR) is 94.3 cm³/mol. The Labute approximate surface area is 133 Å². The van der Waals surface area contributed by atoms with Gasteiger partial charge in [-0.3, -0.25) is 0 Å². The Bertz CT molecular complexity index is 715. The van der Waals surface area contributed by atoms with Gasteiger partial charge in [-0.2, -0.15) is 5.26 Å². The van der Waals surface area contributed by atoms with Gasteiger partial charge in [0.2, 0.25) is 0 Å². The van der Waals surface area contributed by atoms with Crippen molar-refractivity contribution in [3.8, 4) is 17.2 Å². The van der Waals surface area contributed by atoms with Crippen LogP contribution in [0.4, 0.5) is 0 Å². The first-order chi connectivity index (χ1) is 10.9. The maximum Gasteiger partial charge on any atom is 0.0998 e. The van der Waals surface area contributed by atoms with Crippen LogP contribution < -0.4 is 0 Å². The van der Waals surface area contributed by atoms with E-state index in [0.29, 0.717) is 0 Å². The van der Waals surface area contributed by atoms with E-state index in [9.17, 15) is 5.26 Å². The lowest BCUT2D eigenvalue weighted by atomic mass is 9.92. The molecule has 1 aliphatic carbocycles. The second kappa shape index (κ2) is 8.00. The summed E-state index contributed by atoms with van der Waals surface area (Å²) in [6, 6.07) is 18.6. The molecule has 0 N–H and O–H groups in total. The maximum atomic E-state index is 9.31. The molecule has 0 aliphatic heterocycles. The molecule has 0 fully saturated rings. The average molecular weight is 287 g/mol. The van der Waals surface area contributed by atoms with E-state index in [2.05, 4.69) is 42.5 Å². The summed E-state index contributed by atoms with van der Waals surface area (Å²) in [6.45, 7) is 4.00. The molecule has 22 heavy (non-hydrogen) atoms.